The van der Waals surface area contributed by atoms with Gasteiger partial charge in [-0.15, -0.1) is 0 Å². The molecule has 136 valence electrons. The first-order valence-electron chi connectivity index (χ1n) is 9.12. The average molecular weight is 355 g/mol. The summed E-state index contributed by atoms with van der Waals surface area (Å²) in [7, 11) is 1.89. The highest BCUT2D eigenvalue weighted by Gasteiger charge is 2.44. The minimum absolute atomic E-state index is 0.0241. The molecule has 0 aromatic carbocycles. The van der Waals surface area contributed by atoms with E-state index in [0.29, 0.717) is 43.4 Å². The second-order valence-corrected chi connectivity index (χ2v) is 7.64. The van der Waals surface area contributed by atoms with Crippen molar-refractivity contribution in [1.82, 2.24) is 24.5 Å². The summed E-state index contributed by atoms with van der Waals surface area (Å²) < 4.78 is 7.25. The van der Waals surface area contributed by atoms with Crippen LogP contribution in [0.5, 0.6) is 0 Å². The molecule has 8 heteroatoms. The summed E-state index contributed by atoms with van der Waals surface area (Å²) >= 11 is 0. The van der Waals surface area contributed by atoms with Crippen LogP contribution in [0.1, 0.15) is 53.2 Å². The molecule has 2 saturated heterocycles. The highest BCUT2D eigenvalue weighted by molar-refractivity contribution is 5.94. The normalized spacial score (nSPS) is 23.6. The number of rotatable bonds is 4. The molecule has 0 spiro atoms. The van der Waals surface area contributed by atoms with Gasteiger partial charge in [-0.2, -0.15) is 4.98 Å². The smallest absolute Gasteiger partial charge is 0.255 e. The predicted octanol–water partition coefficient (Wildman–Crippen LogP) is 1.13. The molecule has 2 aliphatic heterocycles. The maximum absolute atomic E-state index is 12.4. The van der Waals surface area contributed by atoms with Gasteiger partial charge >= 0.3 is 0 Å². The molecule has 0 N–H and O–H groups in total. The maximum Gasteiger partial charge on any atom is 0.255 e. The number of aromatic nitrogens is 3. The minimum Gasteiger partial charge on any atom is -0.356 e. The highest BCUT2D eigenvalue weighted by atomic mass is 16.5. The SMILES string of the molecule is Cn1ccc(C(=O)N2CC(N3CC(c4nc(C5CC5)no4)CC3=O)C2)c1. The Bertz CT molecular complexity index is 862. The molecule has 2 aromatic heterocycles. The lowest BCUT2D eigenvalue weighted by Gasteiger charge is -2.43. The largest absolute Gasteiger partial charge is 0.356 e. The lowest BCUT2D eigenvalue weighted by atomic mass is 10.1. The Hall–Kier alpha value is -2.64. The fourth-order valence-corrected chi connectivity index (χ4v) is 3.80. The van der Waals surface area contributed by atoms with Gasteiger partial charge in [0.05, 0.1) is 17.5 Å². The van der Waals surface area contributed by atoms with Crippen LogP contribution >= 0.6 is 0 Å². The molecule has 26 heavy (non-hydrogen) atoms. The van der Waals surface area contributed by atoms with Crippen LogP contribution in [-0.4, -0.2) is 62.0 Å². The monoisotopic (exact) mass is 355 g/mol. The summed E-state index contributed by atoms with van der Waals surface area (Å²) in [6, 6.07) is 1.91. The number of hydrogen-bond acceptors (Lipinski definition) is 5. The van der Waals surface area contributed by atoms with E-state index in [-0.39, 0.29) is 23.8 Å². The van der Waals surface area contributed by atoms with Gasteiger partial charge in [0.25, 0.3) is 5.91 Å². The van der Waals surface area contributed by atoms with Gasteiger partial charge in [-0.05, 0) is 18.9 Å². The van der Waals surface area contributed by atoms with Crippen LogP contribution in [0.4, 0.5) is 0 Å². The van der Waals surface area contributed by atoms with Crippen LogP contribution in [0.15, 0.2) is 23.0 Å². The maximum atomic E-state index is 12.4. The molecule has 1 unspecified atom stereocenters. The van der Waals surface area contributed by atoms with Crippen molar-refractivity contribution in [3.05, 3.63) is 35.7 Å². The number of nitrogens with zero attached hydrogens (tertiary/aromatic N) is 5. The molecule has 1 saturated carbocycles. The molecule has 4 heterocycles. The summed E-state index contributed by atoms with van der Waals surface area (Å²) in [6.07, 6.45) is 6.35. The number of hydrogen-bond donors (Lipinski definition) is 0. The third-order valence-corrected chi connectivity index (χ3v) is 5.58. The Labute approximate surface area is 150 Å². The van der Waals surface area contributed by atoms with Gasteiger partial charge < -0.3 is 18.9 Å². The van der Waals surface area contributed by atoms with Crippen LogP contribution in [0.25, 0.3) is 0 Å². The number of amides is 2. The van der Waals surface area contributed by atoms with Crippen LogP contribution in [0, 0.1) is 0 Å². The van der Waals surface area contributed by atoms with Crippen molar-refractivity contribution >= 4 is 11.8 Å². The zero-order valence-corrected chi connectivity index (χ0v) is 14.7. The van der Waals surface area contributed by atoms with E-state index >= 15 is 0 Å². The Kier molecular flexibility index (Phi) is 3.41. The second-order valence-electron chi connectivity index (χ2n) is 7.64. The van der Waals surface area contributed by atoms with Crippen molar-refractivity contribution in [2.75, 3.05) is 19.6 Å². The zero-order chi connectivity index (χ0) is 17.8. The minimum atomic E-state index is -0.0265. The average Bonchev–Trinajstić information content (AvgIpc) is 2.99. The number of carbonyl (C=O) groups is 2. The van der Waals surface area contributed by atoms with Crippen molar-refractivity contribution in [2.24, 2.45) is 7.05 Å². The molecule has 0 bridgehead atoms. The molecule has 2 amide bonds. The third kappa shape index (κ3) is 2.60. The van der Waals surface area contributed by atoms with Crippen LogP contribution in [-0.2, 0) is 11.8 Å². The molecule has 3 aliphatic rings. The fourth-order valence-electron chi connectivity index (χ4n) is 3.80. The first-order chi connectivity index (χ1) is 12.6. The lowest BCUT2D eigenvalue weighted by molar-refractivity contribution is -0.132. The second kappa shape index (κ2) is 5.69. The van der Waals surface area contributed by atoms with E-state index in [0.717, 1.165) is 18.7 Å². The van der Waals surface area contributed by atoms with Gasteiger partial charge in [-0.1, -0.05) is 5.16 Å². The summed E-state index contributed by atoms with van der Waals surface area (Å²) in [5, 5.41) is 4.05. The summed E-state index contributed by atoms with van der Waals surface area (Å²) in [6.45, 7) is 1.77. The predicted molar refractivity (Wildman–Crippen MR) is 90.4 cm³/mol. The molecule has 1 atom stereocenters. The molecule has 0 radical (unpaired) electrons. The molecule has 2 aromatic rings. The standard InChI is InChI=1S/C18H21N5O3/c1-21-5-4-12(7-21)18(25)22-9-14(10-22)23-8-13(6-15(23)24)17-19-16(20-26-17)11-2-3-11/h4-5,7,11,13-14H,2-3,6,8-10H2,1H3. The summed E-state index contributed by atoms with van der Waals surface area (Å²) in [5.74, 6) is 1.92. The van der Waals surface area contributed by atoms with E-state index in [4.69, 9.17) is 4.52 Å². The number of carbonyl (C=O) groups excluding carboxylic acids is 2. The first-order valence-corrected chi connectivity index (χ1v) is 9.12. The Morgan fingerprint density at radius 3 is 2.73 bits per heavy atom. The van der Waals surface area contributed by atoms with E-state index in [9.17, 15) is 9.59 Å². The zero-order valence-electron chi connectivity index (χ0n) is 14.7. The van der Waals surface area contributed by atoms with Crippen molar-refractivity contribution in [1.29, 1.82) is 0 Å². The fraction of sp³-hybridized carbons (Fsp3) is 0.556. The van der Waals surface area contributed by atoms with Gasteiger partial charge in [0, 0.05) is 51.4 Å². The lowest BCUT2D eigenvalue weighted by Crippen LogP contribution is -2.61. The third-order valence-electron chi connectivity index (χ3n) is 5.58. The Balaban J connectivity index is 1.20. The molecule has 3 fully saturated rings. The topological polar surface area (TPSA) is 84.5 Å². The van der Waals surface area contributed by atoms with Crippen LogP contribution < -0.4 is 0 Å². The molecular weight excluding hydrogens is 334 g/mol. The summed E-state index contributed by atoms with van der Waals surface area (Å²) in [5.41, 5.74) is 0.690. The quantitative estimate of drug-likeness (QED) is 0.821. The molecular formula is C18H21N5O3. The van der Waals surface area contributed by atoms with E-state index in [2.05, 4.69) is 10.1 Å². The Morgan fingerprint density at radius 2 is 2.04 bits per heavy atom. The van der Waals surface area contributed by atoms with E-state index in [1.54, 1.807) is 4.90 Å². The Morgan fingerprint density at radius 1 is 1.23 bits per heavy atom. The van der Waals surface area contributed by atoms with Crippen molar-refractivity contribution < 1.29 is 14.1 Å². The van der Waals surface area contributed by atoms with Crippen molar-refractivity contribution in [3.63, 3.8) is 0 Å². The van der Waals surface area contributed by atoms with Gasteiger partial charge in [-0.25, -0.2) is 0 Å². The van der Waals surface area contributed by atoms with Gasteiger partial charge in [0.2, 0.25) is 11.8 Å². The summed E-state index contributed by atoms with van der Waals surface area (Å²) in [4.78, 5) is 33.0. The number of likely N-dealkylation sites (tertiary alicyclic amines) is 2. The van der Waals surface area contributed by atoms with Gasteiger partial charge in [-0.3, -0.25) is 9.59 Å². The highest BCUT2D eigenvalue weighted by Crippen LogP contribution is 2.39. The van der Waals surface area contributed by atoms with E-state index in [1.165, 1.54) is 0 Å². The number of aryl methyl sites for hydroxylation is 1. The molecule has 5 rings (SSSR count). The molecule has 8 nitrogen and oxygen atoms in total. The van der Waals surface area contributed by atoms with Crippen LogP contribution in [0.3, 0.4) is 0 Å². The van der Waals surface area contributed by atoms with Crippen molar-refractivity contribution in [2.45, 2.75) is 37.1 Å². The van der Waals surface area contributed by atoms with Crippen LogP contribution in [0.2, 0.25) is 0 Å². The molecule has 1 aliphatic carbocycles. The van der Waals surface area contributed by atoms with Gasteiger partial charge in [0.15, 0.2) is 5.82 Å². The van der Waals surface area contributed by atoms with E-state index in [1.807, 2.05) is 35.0 Å². The van der Waals surface area contributed by atoms with E-state index < -0.39 is 0 Å². The first kappa shape index (κ1) is 15.6. The van der Waals surface area contributed by atoms with Gasteiger partial charge in [0.1, 0.15) is 0 Å². The van der Waals surface area contributed by atoms with Crippen molar-refractivity contribution in [3.8, 4) is 0 Å².